The van der Waals surface area contributed by atoms with E-state index in [9.17, 15) is 14.9 Å². The molecule has 1 amide bonds. The van der Waals surface area contributed by atoms with E-state index in [0.717, 1.165) is 5.56 Å². The Balaban J connectivity index is 1.82. The van der Waals surface area contributed by atoms with Gasteiger partial charge in [0.1, 0.15) is 11.7 Å². The third kappa shape index (κ3) is 3.22. The van der Waals surface area contributed by atoms with Crippen molar-refractivity contribution in [2.75, 3.05) is 19.7 Å². The number of carbonyl (C=O) groups is 1. The molecule has 0 saturated carbocycles. The minimum Gasteiger partial charge on any atom is -0.370 e. The Morgan fingerprint density at radius 1 is 1.13 bits per heavy atom. The van der Waals surface area contributed by atoms with Crippen molar-refractivity contribution in [1.82, 2.24) is 4.90 Å². The first-order chi connectivity index (χ1) is 11.2. The third-order valence-corrected chi connectivity index (χ3v) is 3.86. The summed E-state index contributed by atoms with van der Waals surface area (Å²) in [6.45, 7) is 1.22. The monoisotopic (exact) mass is 312 g/mol. The van der Waals surface area contributed by atoms with Crippen LogP contribution in [-0.4, -0.2) is 35.4 Å². The molecule has 0 bridgehead atoms. The van der Waals surface area contributed by atoms with Gasteiger partial charge < -0.3 is 9.64 Å². The van der Waals surface area contributed by atoms with Gasteiger partial charge in [0, 0.05) is 12.6 Å². The van der Waals surface area contributed by atoms with Gasteiger partial charge in [-0.15, -0.1) is 0 Å². The normalized spacial score (nSPS) is 17.7. The van der Waals surface area contributed by atoms with Crippen LogP contribution in [0.15, 0.2) is 54.6 Å². The van der Waals surface area contributed by atoms with Crippen LogP contribution in [0.1, 0.15) is 22.0 Å². The maximum absolute atomic E-state index is 12.7. The maximum Gasteiger partial charge on any atom is 0.282 e. The number of ether oxygens (including phenoxy) is 1. The number of carbonyl (C=O) groups excluding carboxylic acids is 1. The van der Waals surface area contributed by atoms with E-state index in [1.807, 2.05) is 30.3 Å². The highest BCUT2D eigenvalue weighted by Crippen LogP contribution is 2.25. The van der Waals surface area contributed by atoms with Gasteiger partial charge >= 0.3 is 0 Å². The predicted octanol–water partition coefficient (Wildman–Crippen LogP) is 2.81. The molecule has 0 spiro atoms. The second-order valence-corrected chi connectivity index (χ2v) is 5.30. The van der Waals surface area contributed by atoms with Crippen molar-refractivity contribution in [2.24, 2.45) is 0 Å². The van der Waals surface area contributed by atoms with Crippen molar-refractivity contribution in [3.8, 4) is 0 Å². The van der Waals surface area contributed by atoms with Gasteiger partial charge in [-0.2, -0.15) is 0 Å². The van der Waals surface area contributed by atoms with Gasteiger partial charge in [-0.05, 0) is 11.6 Å². The van der Waals surface area contributed by atoms with Gasteiger partial charge in [0.25, 0.3) is 11.6 Å². The molecule has 3 rings (SSSR count). The molecule has 0 radical (unpaired) electrons. The van der Waals surface area contributed by atoms with E-state index in [0.29, 0.717) is 19.7 Å². The Bertz CT molecular complexity index is 718. The number of nitro groups is 1. The maximum atomic E-state index is 12.7. The van der Waals surface area contributed by atoms with Crippen LogP contribution in [0.25, 0.3) is 0 Å². The minimum atomic E-state index is -0.525. The minimum absolute atomic E-state index is 0.117. The smallest absolute Gasteiger partial charge is 0.282 e. The fourth-order valence-corrected chi connectivity index (χ4v) is 2.69. The molecular weight excluding hydrogens is 296 g/mol. The number of benzene rings is 2. The summed E-state index contributed by atoms with van der Waals surface area (Å²) in [5.41, 5.74) is 0.944. The van der Waals surface area contributed by atoms with Crippen LogP contribution >= 0.6 is 0 Å². The molecule has 1 heterocycles. The zero-order chi connectivity index (χ0) is 16.2. The van der Waals surface area contributed by atoms with Crippen LogP contribution in [-0.2, 0) is 4.74 Å². The number of morpholine rings is 1. The van der Waals surface area contributed by atoms with Gasteiger partial charge in [-0.3, -0.25) is 14.9 Å². The number of nitrogens with zero attached hydrogens (tertiary/aromatic N) is 2. The second kappa shape index (κ2) is 6.58. The molecule has 1 fully saturated rings. The van der Waals surface area contributed by atoms with E-state index in [-0.39, 0.29) is 23.3 Å². The van der Waals surface area contributed by atoms with Crippen molar-refractivity contribution in [2.45, 2.75) is 6.10 Å². The fraction of sp³-hybridized carbons (Fsp3) is 0.235. The van der Waals surface area contributed by atoms with Crippen molar-refractivity contribution >= 4 is 11.6 Å². The van der Waals surface area contributed by atoms with Gasteiger partial charge in [0.05, 0.1) is 18.1 Å². The average molecular weight is 312 g/mol. The van der Waals surface area contributed by atoms with Crippen molar-refractivity contribution < 1.29 is 14.5 Å². The van der Waals surface area contributed by atoms with Crippen LogP contribution in [0.5, 0.6) is 0 Å². The van der Waals surface area contributed by atoms with Gasteiger partial charge in [0.2, 0.25) is 0 Å². The highest BCUT2D eigenvalue weighted by atomic mass is 16.6. The molecule has 1 unspecified atom stereocenters. The summed E-state index contributed by atoms with van der Waals surface area (Å²) in [4.78, 5) is 24.9. The summed E-state index contributed by atoms with van der Waals surface area (Å²) >= 11 is 0. The third-order valence-electron chi connectivity index (χ3n) is 3.86. The zero-order valence-corrected chi connectivity index (χ0v) is 12.4. The summed E-state index contributed by atoms with van der Waals surface area (Å²) in [6, 6.07) is 15.7. The molecule has 1 aliphatic rings. The zero-order valence-electron chi connectivity index (χ0n) is 12.4. The van der Waals surface area contributed by atoms with Gasteiger partial charge in [-0.25, -0.2) is 0 Å². The summed E-state index contributed by atoms with van der Waals surface area (Å²) in [5, 5.41) is 11.1. The summed E-state index contributed by atoms with van der Waals surface area (Å²) < 4.78 is 5.73. The van der Waals surface area contributed by atoms with Crippen LogP contribution in [0, 0.1) is 10.1 Å². The summed E-state index contributed by atoms with van der Waals surface area (Å²) in [6.07, 6.45) is -0.211. The lowest BCUT2D eigenvalue weighted by Gasteiger charge is -2.33. The number of nitro benzene ring substituents is 1. The molecule has 1 atom stereocenters. The Hall–Kier alpha value is -2.73. The summed E-state index contributed by atoms with van der Waals surface area (Å²) in [7, 11) is 0. The molecule has 1 aliphatic heterocycles. The van der Waals surface area contributed by atoms with Gasteiger partial charge in [-0.1, -0.05) is 42.5 Å². The molecule has 2 aromatic carbocycles. The Morgan fingerprint density at radius 2 is 1.83 bits per heavy atom. The molecule has 118 valence electrons. The number of hydrogen-bond donors (Lipinski definition) is 0. The number of amides is 1. The molecule has 1 saturated heterocycles. The lowest BCUT2D eigenvalue weighted by atomic mass is 10.1. The molecule has 6 heteroatoms. The Labute approximate surface area is 133 Å². The number of para-hydroxylation sites is 1. The van der Waals surface area contributed by atoms with E-state index in [1.165, 1.54) is 12.1 Å². The first kappa shape index (κ1) is 15.2. The highest BCUT2D eigenvalue weighted by Gasteiger charge is 2.29. The second-order valence-electron chi connectivity index (χ2n) is 5.30. The topological polar surface area (TPSA) is 72.7 Å². The lowest BCUT2D eigenvalue weighted by molar-refractivity contribution is -0.385. The molecule has 2 aromatic rings. The summed E-state index contributed by atoms with van der Waals surface area (Å²) in [5.74, 6) is -0.332. The van der Waals surface area contributed by atoms with Crippen LogP contribution in [0.2, 0.25) is 0 Å². The van der Waals surface area contributed by atoms with Gasteiger partial charge in [0.15, 0.2) is 0 Å². The Kier molecular flexibility index (Phi) is 4.34. The molecular formula is C17H16N2O4. The Morgan fingerprint density at radius 3 is 2.57 bits per heavy atom. The fourth-order valence-electron chi connectivity index (χ4n) is 2.69. The quantitative estimate of drug-likeness (QED) is 0.645. The van der Waals surface area contributed by atoms with E-state index in [4.69, 9.17) is 4.74 Å². The van der Waals surface area contributed by atoms with Crippen molar-refractivity contribution in [3.63, 3.8) is 0 Å². The van der Waals surface area contributed by atoms with E-state index < -0.39 is 4.92 Å². The average Bonchev–Trinajstić information content (AvgIpc) is 2.62. The van der Waals surface area contributed by atoms with E-state index in [1.54, 1.807) is 17.0 Å². The van der Waals surface area contributed by atoms with Crippen molar-refractivity contribution in [1.29, 1.82) is 0 Å². The largest absolute Gasteiger partial charge is 0.370 e. The van der Waals surface area contributed by atoms with Crippen molar-refractivity contribution in [3.05, 3.63) is 75.8 Å². The number of hydrogen-bond acceptors (Lipinski definition) is 4. The van der Waals surface area contributed by atoms with E-state index >= 15 is 0 Å². The molecule has 0 aliphatic carbocycles. The SMILES string of the molecule is O=C(c1ccccc1[N+](=O)[O-])N1CCOC(c2ccccc2)C1. The molecule has 0 aromatic heterocycles. The number of rotatable bonds is 3. The lowest BCUT2D eigenvalue weighted by Crippen LogP contribution is -2.42. The van der Waals surface area contributed by atoms with Crippen LogP contribution in [0.4, 0.5) is 5.69 Å². The molecule has 6 nitrogen and oxygen atoms in total. The molecule has 23 heavy (non-hydrogen) atoms. The standard InChI is InChI=1S/C17H16N2O4/c20-17(14-8-4-5-9-15(14)19(21)22)18-10-11-23-16(12-18)13-6-2-1-3-7-13/h1-9,16H,10-12H2. The molecule has 0 N–H and O–H groups in total. The van der Waals surface area contributed by atoms with Crippen LogP contribution in [0.3, 0.4) is 0 Å². The van der Waals surface area contributed by atoms with E-state index in [2.05, 4.69) is 0 Å². The first-order valence-corrected chi connectivity index (χ1v) is 7.36. The highest BCUT2D eigenvalue weighted by molar-refractivity contribution is 5.98. The first-order valence-electron chi connectivity index (χ1n) is 7.36. The van der Waals surface area contributed by atoms with Crippen LogP contribution < -0.4 is 0 Å². The predicted molar refractivity (Wildman–Crippen MR) is 84.1 cm³/mol.